The van der Waals surface area contributed by atoms with Crippen molar-refractivity contribution in [2.45, 2.75) is 25.4 Å². The molecule has 3 saturated heterocycles. The Morgan fingerprint density at radius 2 is 1.81 bits per heavy atom. The number of rotatable bonds is 1. The number of benzene rings is 1. The zero-order valence-corrected chi connectivity index (χ0v) is 9.82. The number of aryl methyl sites for hydroxylation is 1. The number of aliphatic hydroxyl groups is 1. The van der Waals surface area contributed by atoms with Crippen molar-refractivity contribution >= 4 is 0 Å². The lowest BCUT2D eigenvalue weighted by molar-refractivity contribution is -0.117. The molecule has 0 aromatic heterocycles. The van der Waals surface area contributed by atoms with Crippen LogP contribution in [0.1, 0.15) is 24.0 Å². The molecule has 0 spiro atoms. The Hall–Kier alpha value is -0.860. The number of hydrogen-bond donors (Lipinski definition) is 1. The summed E-state index contributed by atoms with van der Waals surface area (Å²) in [4.78, 5) is 2.39. The Balaban J connectivity index is 1.95. The van der Waals surface area contributed by atoms with E-state index in [0.717, 1.165) is 24.9 Å². The molecular weight excluding hydrogens is 198 g/mol. The van der Waals surface area contributed by atoms with Gasteiger partial charge in [0.2, 0.25) is 0 Å². The van der Waals surface area contributed by atoms with E-state index in [1.165, 1.54) is 18.7 Å². The molecule has 0 amide bonds. The zero-order chi connectivity index (χ0) is 11.2. The fourth-order valence-electron chi connectivity index (χ4n) is 3.21. The van der Waals surface area contributed by atoms with Gasteiger partial charge in [-0.15, -0.1) is 0 Å². The van der Waals surface area contributed by atoms with E-state index >= 15 is 0 Å². The fraction of sp³-hybridized carbons (Fsp3) is 0.571. The van der Waals surface area contributed by atoms with E-state index in [2.05, 4.69) is 36.1 Å². The summed E-state index contributed by atoms with van der Waals surface area (Å²) < 4.78 is 0. The van der Waals surface area contributed by atoms with Crippen molar-refractivity contribution in [3.8, 4) is 0 Å². The lowest BCUT2D eigenvalue weighted by Gasteiger charge is -2.50. The summed E-state index contributed by atoms with van der Waals surface area (Å²) in [6.07, 6.45) is 2.29. The summed E-state index contributed by atoms with van der Waals surface area (Å²) in [5.41, 5.74) is 1.77. The zero-order valence-electron chi connectivity index (χ0n) is 9.82. The van der Waals surface area contributed by atoms with Gasteiger partial charge in [0, 0.05) is 6.54 Å². The molecule has 3 fully saturated rings. The first-order chi connectivity index (χ1) is 7.68. The van der Waals surface area contributed by atoms with Crippen LogP contribution in [0.2, 0.25) is 0 Å². The van der Waals surface area contributed by atoms with Crippen LogP contribution in [0, 0.1) is 12.8 Å². The maximum Gasteiger partial charge on any atom is 0.105 e. The molecule has 86 valence electrons. The van der Waals surface area contributed by atoms with Gasteiger partial charge >= 0.3 is 0 Å². The maximum atomic E-state index is 10.9. The quantitative estimate of drug-likeness (QED) is 0.776. The molecule has 1 aromatic rings. The SMILES string of the molecule is Cc1ccc([C@]2(O)CN3CCC2CC3)cc1. The third-order valence-electron chi connectivity index (χ3n) is 4.28. The lowest BCUT2D eigenvalue weighted by atomic mass is 9.71. The van der Waals surface area contributed by atoms with E-state index in [0.29, 0.717) is 5.92 Å². The summed E-state index contributed by atoms with van der Waals surface area (Å²) in [5, 5.41) is 10.9. The first kappa shape index (κ1) is 10.3. The minimum Gasteiger partial charge on any atom is -0.384 e. The molecule has 3 heterocycles. The number of piperidine rings is 3. The highest BCUT2D eigenvalue weighted by Gasteiger charge is 2.46. The van der Waals surface area contributed by atoms with Crippen molar-refractivity contribution < 1.29 is 5.11 Å². The minimum atomic E-state index is -0.593. The van der Waals surface area contributed by atoms with Gasteiger partial charge in [-0.1, -0.05) is 29.8 Å². The second-order valence-corrected chi connectivity index (χ2v) is 5.34. The van der Waals surface area contributed by atoms with E-state index in [-0.39, 0.29) is 0 Å². The highest BCUT2D eigenvalue weighted by atomic mass is 16.3. The van der Waals surface area contributed by atoms with Gasteiger partial charge < -0.3 is 10.0 Å². The number of fused-ring (bicyclic) bond motifs is 3. The van der Waals surface area contributed by atoms with Crippen LogP contribution in [0.5, 0.6) is 0 Å². The molecule has 2 heteroatoms. The molecule has 1 N–H and O–H groups in total. The molecule has 2 nitrogen and oxygen atoms in total. The fourth-order valence-corrected chi connectivity index (χ4v) is 3.21. The molecule has 0 unspecified atom stereocenters. The van der Waals surface area contributed by atoms with E-state index in [1.807, 2.05) is 0 Å². The molecule has 1 atom stereocenters. The smallest absolute Gasteiger partial charge is 0.105 e. The van der Waals surface area contributed by atoms with Crippen molar-refractivity contribution in [1.82, 2.24) is 4.90 Å². The topological polar surface area (TPSA) is 23.5 Å². The van der Waals surface area contributed by atoms with Gasteiger partial charge in [0.15, 0.2) is 0 Å². The molecule has 3 aliphatic heterocycles. The second-order valence-electron chi connectivity index (χ2n) is 5.34. The van der Waals surface area contributed by atoms with Crippen LogP contribution < -0.4 is 0 Å². The van der Waals surface area contributed by atoms with Gasteiger partial charge in [-0.3, -0.25) is 0 Å². The van der Waals surface area contributed by atoms with Crippen molar-refractivity contribution in [1.29, 1.82) is 0 Å². The summed E-state index contributed by atoms with van der Waals surface area (Å²) >= 11 is 0. The second kappa shape index (κ2) is 3.57. The molecule has 4 rings (SSSR count). The Labute approximate surface area is 96.9 Å². The van der Waals surface area contributed by atoms with Crippen molar-refractivity contribution in [2.75, 3.05) is 19.6 Å². The van der Waals surface area contributed by atoms with Crippen LogP contribution in [-0.4, -0.2) is 29.6 Å². The Bertz CT molecular complexity index is 378. The van der Waals surface area contributed by atoms with Gasteiger partial charge in [0.1, 0.15) is 5.60 Å². The predicted molar refractivity (Wildman–Crippen MR) is 64.2 cm³/mol. The third-order valence-corrected chi connectivity index (χ3v) is 4.28. The first-order valence-electron chi connectivity index (χ1n) is 6.20. The van der Waals surface area contributed by atoms with Crippen LogP contribution in [-0.2, 0) is 5.60 Å². The van der Waals surface area contributed by atoms with Crippen LogP contribution in [0.4, 0.5) is 0 Å². The average molecular weight is 217 g/mol. The van der Waals surface area contributed by atoms with E-state index < -0.39 is 5.60 Å². The van der Waals surface area contributed by atoms with Gasteiger partial charge in [-0.05, 0) is 44.3 Å². The summed E-state index contributed by atoms with van der Waals surface area (Å²) in [5.74, 6) is 0.459. The Morgan fingerprint density at radius 1 is 1.19 bits per heavy atom. The number of nitrogens with zero attached hydrogens (tertiary/aromatic N) is 1. The first-order valence-corrected chi connectivity index (χ1v) is 6.20. The maximum absolute atomic E-state index is 10.9. The Kier molecular flexibility index (Phi) is 2.30. The lowest BCUT2D eigenvalue weighted by Crippen LogP contribution is -2.57. The Morgan fingerprint density at radius 3 is 2.31 bits per heavy atom. The molecular formula is C14H19NO. The molecule has 0 saturated carbocycles. The number of hydrogen-bond acceptors (Lipinski definition) is 2. The molecule has 2 bridgehead atoms. The normalized spacial score (nSPS) is 37.6. The average Bonchev–Trinajstić information content (AvgIpc) is 2.31. The van der Waals surface area contributed by atoms with Crippen LogP contribution in [0.25, 0.3) is 0 Å². The van der Waals surface area contributed by atoms with Gasteiger partial charge in [-0.2, -0.15) is 0 Å². The summed E-state index contributed by atoms with van der Waals surface area (Å²) in [7, 11) is 0. The molecule has 0 aliphatic carbocycles. The van der Waals surface area contributed by atoms with Gasteiger partial charge in [-0.25, -0.2) is 0 Å². The standard InChI is InChI=1S/C14H19NO/c1-11-2-4-12(5-3-11)14(16)10-15-8-6-13(14)7-9-15/h2-5,13,16H,6-10H2,1H3/t14-/m1/s1. The third kappa shape index (κ3) is 1.48. The molecule has 16 heavy (non-hydrogen) atoms. The summed E-state index contributed by atoms with van der Waals surface area (Å²) in [6.45, 7) is 5.24. The van der Waals surface area contributed by atoms with E-state index in [9.17, 15) is 5.11 Å². The van der Waals surface area contributed by atoms with Crippen molar-refractivity contribution in [3.05, 3.63) is 35.4 Å². The van der Waals surface area contributed by atoms with Crippen LogP contribution >= 0.6 is 0 Å². The molecule has 1 aromatic carbocycles. The minimum absolute atomic E-state index is 0.459. The van der Waals surface area contributed by atoms with Gasteiger partial charge in [0.05, 0.1) is 0 Å². The van der Waals surface area contributed by atoms with Crippen LogP contribution in [0.3, 0.4) is 0 Å². The predicted octanol–water partition coefficient (Wildman–Crippen LogP) is 1.91. The molecule has 3 aliphatic rings. The van der Waals surface area contributed by atoms with E-state index in [1.54, 1.807) is 0 Å². The van der Waals surface area contributed by atoms with Crippen LogP contribution in [0.15, 0.2) is 24.3 Å². The highest BCUT2D eigenvalue weighted by Crippen LogP contribution is 2.42. The summed E-state index contributed by atoms with van der Waals surface area (Å²) in [6, 6.07) is 8.39. The monoisotopic (exact) mass is 217 g/mol. The van der Waals surface area contributed by atoms with Gasteiger partial charge in [0.25, 0.3) is 0 Å². The largest absolute Gasteiger partial charge is 0.384 e. The molecule has 0 radical (unpaired) electrons. The van der Waals surface area contributed by atoms with Crippen molar-refractivity contribution in [3.63, 3.8) is 0 Å². The van der Waals surface area contributed by atoms with E-state index in [4.69, 9.17) is 0 Å². The highest BCUT2D eigenvalue weighted by molar-refractivity contribution is 5.29. The van der Waals surface area contributed by atoms with Crippen molar-refractivity contribution in [2.24, 2.45) is 5.92 Å².